The second-order valence-corrected chi connectivity index (χ2v) is 2.92. The van der Waals surface area contributed by atoms with Gasteiger partial charge < -0.3 is 11.1 Å². The molecule has 3 N–H and O–H groups in total. The van der Waals surface area contributed by atoms with Gasteiger partial charge in [0, 0.05) is 0 Å². The van der Waals surface area contributed by atoms with Gasteiger partial charge in [0.05, 0.1) is 0 Å². The van der Waals surface area contributed by atoms with Crippen LogP contribution in [0.5, 0.6) is 0 Å². The van der Waals surface area contributed by atoms with Gasteiger partial charge in [-0.3, -0.25) is 4.79 Å². The van der Waals surface area contributed by atoms with E-state index in [0.29, 0.717) is 0 Å². The van der Waals surface area contributed by atoms with Crippen LogP contribution in [0.4, 0.5) is 0 Å². The predicted molar refractivity (Wildman–Crippen MR) is 46.0 cm³/mol. The second-order valence-electron chi connectivity index (χ2n) is 2.92. The molecule has 0 bridgehead atoms. The van der Waals surface area contributed by atoms with Crippen LogP contribution in [-0.2, 0) is 4.79 Å². The highest BCUT2D eigenvalue weighted by molar-refractivity contribution is 5.85. The number of primary amides is 1. The van der Waals surface area contributed by atoms with Crippen molar-refractivity contribution in [2.45, 2.75) is 12.5 Å². The van der Waals surface area contributed by atoms with E-state index in [9.17, 15) is 4.79 Å². The first-order valence-corrected chi connectivity index (χ1v) is 3.90. The second kappa shape index (κ2) is 2.52. The number of allylic oxidation sites excluding steroid dienone is 3. The summed E-state index contributed by atoms with van der Waals surface area (Å²) in [4.78, 5) is 11.0. The zero-order valence-electron chi connectivity index (χ0n) is 6.58. The molecule has 3 heteroatoms. The maximum Gasteiger partial charge on any atom is 0.244 e. The minimum absolute atomic E-state index is 0.321. The third-order valence-electron chi connectivity index (χ3n) is 2.15. The molecule has 1 atom stereocenters. The van der Waals surface area contributed by atoms with Gasteiger partial charge in [0.25, 0.3) is 0 Å². The lowest BCUT2D eigenvalue weighted by Gasteiger charge is -2.19. The Kier molecular flexibility index (Phi) is 1.50. The average Bonchev–Trinajstić information content (AvgIpc) is 2.49. The Morgan fingerprint density at radius 2 is 2.42 bits per heavy atom. The van der Waals surface area contributed by atoms with E-state index in [0.717, 1.165) is 12.0 Å². The molecule has 0 saturated carbocycles. The van der Waals surface area contributed by atoms with E-state index in [4.69, 9.17) is 5.73 Å². The standard InChI is InChI=1S/C9H10N2O/c10-9(12)8-7-3-1-2-6(7)4-5-11-8/h1,3-5,8,11H,2H2,(H2,10,12). The molecular weight excluding hydrogens is 152 g/mol. The molecule has 1 aliphatic carbocycles. The van der Waals surface area contributed by atoms with Gasteiger partial charge in [0.1, 0.15) is 6.04 Å². The van der Waals surface area contributed by atoms with E-state index in [-0.39, 0.29) is 11.9 Å². The third kappa shape index (κ3) is 0.942. The smallest absolute Gasteiger partial charge is 0.244 e. The number of nitrogens with two attached hydrogens (primary N) is 1. The number of rotatable bonds is 1. The maximum atomic E-state index is 11.0. The van der Waals surface area contributed by atoms with E-state index in [1.165, 1.54) is 5.57 Å². The Morgan fingerprint density at radius 3 is 3.17 bits per heavy atom. The number of hydrogen-bond donors (Lipinski definition) is 2. The van der Waals surface area contributed by atoms with Crippen LogP contribution in [0.15, 0.2) is 35.6 Å². The van der Waals surface area contributed by atoms with Crippen molar-refractivity contribution >= 4 is 5.91 Å². The summed E-state index contributed by atoms with van der Waals surface area (Å²) in [6.07, 6.45) is 8.67. The molecule has 2 rings (SSSR count). The summed E-state index contributed by atoms with van der Waals surface area (Å²) in [6.45, 7) is 0. The summed E-state index contributed by atoms with van der Waals surface area (Å²) >= 11 is 0. The molecule has 0 saturated heterocycles. The number of hydrogen-bond acceptors (Lipinski definition) is 2. The molecule has 0 aromatic rings. The van der Waals surface area contributed by atoms with Gasteiger partial charge in [-0.05, 0) is 29.8 Å². The Balaban J connectivity index is 2.35. The van der Waals surface area contributed by atoms with Crippen molar-refractivity contribution < 1.29 is 4.79 Å². The molecular formula is C9H10N2O. The molecule has 0 aromatic carbocycles. The zero-order chi connectivity index (χ0) is 8.55. The first-order chi connectivity index (χ1) is 5.79. The fraction of sp³-hybridized carbons (Fsp3) is 0.222. The molecule has 12 heavy (non-hydrogen) atoms. The average molecular weight is 162 g/mol. The van der Waals surface area contributed by atoms with Crippen molar-refractivity contribution in [3.05, 3.63) is 35.6 Å². The van der Waals surface area contributed by atoms with E-state index >= 15 is 0 Å². The van der Waals surface area contributed by atoms with Crippen molar-refractivity contribution in [3.8, 4) is 0 Å². The molecule has 0 aromatic heterocycles. The van der Waals surface area contributed by atoms with E-state index in [1.807, 2.05) is 18.2 Å². The van der Waals surface area contributed by atoms with Crippen molar-refractivity contribution in [2.24, 2.45) is 5.73 Å². The van der Waals surface area contributed by atoms with E-state index < -0.39 is 0 Å². The van der Waals surface area contributed by atoms with Crippen LogP contribution in [-0.4, -0.2) is 11.9 Å². The van der Waals surface area contributed by atoms with Gasteiger partial charge in [-0.15, -0.1) is 0 Å². The highest BCUT2D eigenvalue weighted by Gasteiger charge is 2.23. The van der Waals surface area contributed by atoms with Gasteiger partial charge >= 0.3 is 0 Å². The van der Waals surface area contributed by atoms with Crippen LogP contribution < -0.4 is 11.1 Å². The first kappa shape index (κ1) is 7.16. The molecule has 0 spiro atoms. The lowest BCUT2D eigenvalue weighted by atomic mass is 10.0. The van der Waals surface area contributed by atoms with Crippen LogP contribution >= 0.6 is 0 Å². The molecule has 1 unspecified atom stereocenters. The third-order valence-corrected chi connectivity index (χ3v) is 2.15. The molecule has 1 aliphatic heterocycles. The summed E-state index contributed by atoms with van der Waals surface area (Å²) in [5.41, 5.74) is 7.43. The number of carbonyl (C=O) groups is 1. The van der Waals surface area contributed by atoms with Crippen molar-refractivity contribution in [2.75, 3.05) is 0 Å². The summed E-state index contributed by atoms with van der Waals surface area (Å²) in [5.74, 6) is -0.321. The maximum absolute atomic E-state index is 11.0. The van der Waals surface area contributed by atoms with Crippen LogP contribution in [0.25, 0.3) is 0 Å². The summed E-state index contributed by atoms with van der Waals surface area (Å²) < 4.78 is 0. The number of carbonyl (C=O) groups excluding carboxylic acids is 1. The fourth-order valence-electron chi connectivity index (χ4n) is 1.55. The topological polar surface area (TPSA) is 55.1 Å². The van der Waals surface area contributed by atoms with Gasteiger partial charge in [-0.1, -0.05) is 12.2 Å². The van der Waals surface area contributed by atoms with Gasteiger partial charge in [-0.25, -0.2) is 0 Å². The van der Waals surface area contributed by atoms with Gasteiger partial charge in [0.15, 0.2) is 0 Å². The van der Waals surface area contributed by atoms with E-state index in [1.54, 1.807) is 6.20 Å². The van der Waals surface area contributed by atoms with Crippen molar-refractivity contribution in [1.82, 2.24) is 5.32 Å². The van der Waals surface area contributed by atoms with Crippen LogP contribution in [0, 0.1) is 0 Å². The summed E-state index contributed by atoms with van der Waals surface area (Å²) in [5, 5.41) is 2.93. The Morgan fingerprint density at radius 1 is 1.58 bits per heavy atom. The van der Waals surface area contributed by atoms with Crippen LogP contribution in [0.2, 0.25) is 0 Å². The van der Waals surface area contributed by atoms with E-state index in [2.05, 4.69) is 5.32 Å². The van der Waals surface area contributed by atoms with Crippen molar-refractivity contribution in [1.29, 1.82) is 0 Å². The molecule has 1 heterocycles. The number of nitrogens with one attached hydrogen (secondary N) is 1. The molecule has 3 nitrogen and oxygen atoms in total. The van der Waals surface area contributed by atoms with Crippen LogP contribution in [0.3, 0.4) is 0 Å². The van der Waals surface area contributed by atoms with Crippen LogP contribution in [0.1, 0.15) is 6.42 Å². The molecule has 2 aliphatic rings. The monoisotopic (exact) mass is 162 g/mol. The lowest BCUT2D eigenvalue weighted by Crippen LogP contribution is -2.41. The highest BCUT2D eigenvalue weighted by Crippen LogP contribution is 2.25. The molecule has 0 radical (unpaired) electrons. The Hall–Kier alpha value is -1.51. The largest absolute Gasteiger partial charge is 0.376 e. The molecule has 62 valence electrons. The zero-order valence-corrected chi connectivity index (χ0v) is 6.58. The lowest BCUT2D eigenvalue weighted by molar-refractivity contribution is -0.118. The fourth-order valence-corrected chi connectivity index (χ4v) is 1.55. The first-order valence-electron chi connectivity index (χ1n) is 3.90. The predicted octanol–water partition coefficient (Wildman–Crippen LogP) is 0.214. The Labute approximate surface area is 70.6 Å². The normalized spacial score (nSPS) is 25.5. The summed E-state index contributed by atoms with van der Waals surface area (Å²) in [7, 11) is 0. The van der Waals surface area contributed by atoms with Gasteiger partial charge in [0.2, 0.25) is 5.91 Å². The minimum Gasteiger partial charge on any atom is -0.376 e. The Bertz CT molecular complexity index is 312. The number of dihydropyridines is 1. The van der Waals surface area contributed by atoms with Gasteiger partial charge in [-0.2, -0.15) is 0 Å². The minimum atomic E-state index is -0.330. The summed E-state index contributed by atoms with van der Waals surface area (Å²) in [6, 6.07) is -0.330. The van der Waals surface area contributed by atoms with Crippen molar-refractivity contribution in [3.63, 3.8) is 0 Å². The quantitative estimate of drug-likeness (QED) is 0.579. The molecule has 0 fully saturated rings. The number of amides is 1. The highest BCUT2D eigenvalue weighted by atomic mass is 16.1. The molecule has 1 amide bonds. The SMILES string of the molecule is NC(=O)C1NC=CC2=C1C=CC2.